The highest BCUT2D eigenvalue weighted by molar-refractivity contribution is 5.73. The number of nitrogens with zero attached hydrogens (tertiary/aromatic N) is 4. The molecule has 1 aliphatic rings. The quantitative estimate of drug-likeness (QED) is 0.759. The molecule has 0 fully saturated rings. The summed E-state index contributed by atoms with van der Waals surface area (Å²) in [7, 11) is 3.49. The summed E-state index contributed by atoms with van der Waals surface area (Å²) >= 11 is 0. The normalized spacial score (nSPS) is 15.7. The molecule has 1 aromatic rings. The number of carbonyl (C=O) groups excluding carboxylic acids is 1. The largest absolute Gasteiger partial charge is 0.332 e. The van der Waals surface area contributed by atoms with E-state index in [0.717, 1.165) is 38.3 Å². The fraction of sp³-hybridized carbons (Fsp3) is 0.700. The molecule has 0 spiro atoms. The fourth-order valence-corrected chi connectivity index (χ4v) is 3.34. The maximum absolute atomic E-state index is 11.7. The van der Waals surface area contributed by atoms with E-state index < -0.39 is 0 Å². The second-order valence-electron chi connectivity index (χ2n) is 7.96. The molecule has 2 amide bonds. The zero-order valence-corrected chi connectivity index (χ0v) is 17.1. The van der Waals surface area contributed by atoms with Crippen molar-refractivity contribution in [2.24, 2.45) is 5.92 Å². The lowest BCUT2D eigenvalue weighted by molar-refractivity contribution is 0.217. The molecular formula is C20H35N5O. The third-order valence-corrected chi connectivity index (χ3v) is 4.75. The van der Waals surface area contributed by atoms with Crippen LogP contribution in [-0.2, 0) is 19.6 Å². The van der Waals surface area contributed by atoms with Crippen LogP contribution >= 0.6 is 0 Å². The lowest BCUT2D eigenvalue weighted by Crippen LogP contribution is -2.34. The predicted molar refractivity (Wildman–Crippen MR) is 106 cm³/mol. The van der Waals surface area contributed by atoms with Crippen molar-refractivity contribution in [1.82, 2.24) is 24.9 Å². The van der Waals surface area contributed by atoms with Crippen LogP contribution in [0, 0.1) is 5.92 Å². The van der Waals surface area contributed by atoms with Gasteiger partial charge in [0.1, 0.15) is 0 Å². The molecule has 0 saturated carbocycles. The number of aryl methyl sites for hydroxylation is 1. The second kappa shape index (κ2) is 9.76. The zero-order valence-electron chi connectivity index (χ0n) is 17.1. The van der Waals surface area contributed by atoms with Gasteiger partial charge < -0.3 is 10.2 Å². The molecule has 26 heavy (non-hydrogen) atoms. The summed E-state index contributed by atoms with van der Waals surface area (Å²) < 4.78 is 2.12. The molecule has 1 aliphatic heterocycles. The highest BCUT2D eigenvalue weighted by atomic mass is 16.2. The number of aromatic nitrogens is 2. The average molecular weight is 362 g/mol. The Hall–Kier alpha value is -1.82. The Kier molecular flexibility index (Phi) is 7.69. The van der Waals surface area contributed by atoms with Crippen LogP contribution in [-0.4, -0.2) is 52.8 Å². The molecule has 2 rings (SSSR count). The first kappa shape index (κ1) is 20.5. The Bertz CT molecular complexity index is 616. The fourth-order valence-electron chi connectivity index (χ4n) is 3.34. The van der Waals surface area contributed by atoms with Crippen LogP contribution in [0.2, 0.25) is 0 Å². The number of urea groups is 1. The van der Waals surface area contributed by atoms with Gasteiger partial charge in [0.2, 0.25) is 0 Å². The van der Waals surface area contributed by atoms with Gasteiger partial charge in [-0.15, -0.1) is 0 Å². The third-order valence-electron chi connectivity index (χ3n) is 4.75. The lowest BCUT2D eigenvalue weighted by atomic mass is 10.0. The Morgan fingerprint density at radius 3 is 2.85 bits per heavy atom. The molecule has 0 radical (unpaired) electrons. The lowest BCUT2D eigenvalue weighted by Gasteiger charge is -2.23. The van der Waals surface area contributed by atoms with Crippen LogP contribution in [0.15, 0.2) is 17.7 Å². The predicted octanol–water partition coefficient (Wildman–Crippen LogP) is 3.24. The van der Waals surface area contributed by atoms with E-state index in [4.69, 9.17) is 0 Å². The number of nitrogens with one attached hydrogen (secondary N) is 1. The maximum Gasteiger partial charge on any atom is 0.317 e. The van der Waals surface area contributed by atoms with Crippen molar-refractivity contribution < 1.29 is 4.79 Å². The minimum absolute atomic E-state index is 0.0833. The van der Waals surface area contributed by atoms with Crippen molar-refractivity contribution in [1.29, 1.82) is 0 Å². The van der Waals surface area contributed by atoms with Crippen LogP contribution in [0.4, 0.5) is 4.79 Å². The smallest absolute Gasteiger partial charge is 0.317 e. The molecule has 1 atom stereocenters. The number of allylic oxidation sites excluding steroid dienone is 2. The highest BCUT2D eigenvalue weighted by Gasteiger charge is 2.18. The Morgan fingerprint density at radius 2 is 2.15 bits per heavy atom. The SMILES string of the molecule is CC(C)=CCC[C@@H](C)CN1CCCn2nc(CNC(=O)N(C)C)cc2C1. The Morgan fingerprint density at radius 1 is 1.38 bits per heavy atom. The van der Waals surface area contributed by atoms with Crippen molar-refractivity contribution in [2.45, 2.75) is 59.7 Å². The summed E-state index contributed by atoms with van der Waals surface area (Å²) in [5, 5.41) is 7.56. The molecule has 6 nitrogen and oxygen atoms in total. The van der Waals surface area contributed by atoms with Crippen molar-refractivity contribution in [3.8, 4) is 0 Å². The Balaban J connectivity index is 1.88. The van der Waals surface area contributed by atoms with E-state index in [2.05, 4.69) is 52.9 Å². The average Bonchev–Trinajstić information content (AvgIpc) is 2.84. The van der Waals surface area contributed by atoms with Gasteiger partial charge in [0.05, 0.1) is 17.9 Å². The van der Waals surface area contributed by atoms with Gasteiger partial charge in [0.25, 0.3) is 0 Å². The Labute approximate surface area is 158 Å². The molecule has 6 heteroatoms. The third kappa shape index (κ3) is 6.48. The van der Waals surface area contributed by atoms with Gasteiger partial charge in [-0.3, -0.25) is 9.58 Å². The van der Waals surface area contributed by atoms with Gasteiger partial charge in [-0.1, -0.05) is 18.6 Å². The van der Waals surface area contributed by atoms with Crippen molar-refractivity contribution >= 4 is 6.03 Å². The zero-order chi connectivity index (χ0) is 19.1. The molecule has 0 aliphatic carbocycles. The van der Waals surface area contributed by atoms with E-state index in [0.29, 0.717) is 12.5 Å². The molecule has 1 aromatic heterocycles. The highest BCUT2D eigenvalue weighted by Crippen LogP contribution is 2.17. The van der Waals surface area contributed by atoms with E-state index in [1.165, 1.54) is 24.1 Å². The molecule has 0 bridgehead atoms. The maximum atomic E-state index is 11.7. The van der Waals surface area contributed by atoms with E-state index >= 15 is 0 Å². The minimum atomic E-state index is -0.0833. The monoisotopic (exact) mass is 361 g/mol. The summed E-state index contributed by atoms with van der Waals surface area (Å²) in [6.07, 6.45) is 5.87. The molecule has 2 heterocycles. The second-order valence-corrected chi connectivity index (χ2v) is 7.96. The van der Waals surface area contributed by atoms with Gasteiger partial charge in [-0.05, 0) is 45.1 Å². The van der Waals surface area contributed by atoms with Crippen molar-refractivity contribution in [3.05, 3.63) is 29.1 Å². The molecule has 1 N–H and O–H groups in total. The standard InChI is InChI=1S/C20H35N5O/c1-16(2)8-6-9-17(3)14-24-10-7-11-25-19(15-24)12-18(22-25)13-21-20(26)23(4)5/h8,12,17H,6-7,9-11,13-15H2,1-5H3,(H,21,26)/t17-/m1/s1. The molecular weight excluding hydrogens is 326 g/mol. The first-order chi connectivity index (χ1) is 12.3. The van der Waals surface area contributed by atoms with Gasteiger partial charge in [0, 0.05) is 40.3 Å². The van der Waals surface area contributed by atoms with E-state index in [1.54, 1.807) is 19.0 Å². The van der Waals surface area contributed by atoms with E-state index in [1.807, 2.05) is 0 Å². The molecule has 0 saturated heterocycles. The van der Waals surface area contributed by atoms with Gasteiger partial charge in [-0.25, -0.2) is 4.79 Å². The molecule has 0 unspecified atom stereocenters. The van der Waals surface area contributed by atoms with Gasteiger partial charge >= 0.3 is 6.03 Å². The van der Waals surface area contributed by atoms with Crippen LogP contribution in [0.3, 0.4) is 0 Å². The van der Waals surface area contributed by atoms with Crippen molar-refractivity contribution in [2.75, 3.05) is 27.2 Å². The topological polar surface area (TPSA) is 53.4 Å². The van der Waals surface area contributed by atoms with Crippen molar-refractivity contribution in [3.63, 3.8) is 0 Å². The van der Waals surface area contributed by atoms with Crippen LogP contribution < -0.4 is 5.32 Å². The first-order valence-corrected chi connectivity index (χ1v) is 9.71. The summed E-state index contributed by atoms with van der Waals surface area (Å²) in [4.78, 5) is 15.8. The van der Waals surface area contributed by atoms with Gasteiger partial charge in [-0.2, -0.15) is 5.10 Å². The van der Waals surface area contributed by atoms with Crippen LogP contribution in [0.25, 0.3) is 0 Å². The van der Waals surface area contributed by atoms with Crippen LogP contribution in [0.5, 0.6) is 0 Å². The summed E-state index contributed by atoms with van der Waals surface area (Å²) in [5.41, 5.74) is 3.60. The number of hydrogen-bond donors (Lipinski definition) is 1. The summed E-state index contributed by atoms with van der Waals surface area (Å²) in [6, 6.07) is 2.06. The number of amides is 2. The number of hydrogen-bond acceptors (Lipinski definition) is 3. The van der Waals surface area contributed by atoms with E-state index in [-0.39, 0.29) is 6.03 Å². The molecule has 0 aromatic carbocycles. The number of fused-ring (bicyclic) bond motifs is 1. The summed E-state index contributed by atoms with van der Waals surface area (Å²) in [5.74, 6) is 0.693. The summed E-state index contributed by atoms with van der Waals surface area (Å²) in [6.45, 7) is 11.3. The minimum Gasteiger partial charge on any atom is -0.332 e. The van der Waals surface area contributed by atoms with E-state index in [9.17, 15) is 4.79 Å². The number of rotatable bonds is 7. The number of carbonyl (C=O) groups is 1. The first-order valence-electron chi connectivity index (χ1n) is 9.71. The molecule has 146 valence electrons. The van der Waals surface area contributed by atoms with Crippen LogP contribution in [0.1, 0.15) is 51.4 Å². The van der Waals surface area contributed by atoms with Gasteiger partial charge in [0.15, 0.2) is 0 Å².